The Hall–Kier alpha value is -4.18. The molecule has 6 rings (SSSR count). The summed E-state index contributed by atoms with van der Waals surface area (Å²) in [6.45, 7) is 4.37. The smallest absolute Gasteiger partial charge is 0.200 e. The van der Waals surface area contributed by atoms with Crippen molar-refractivity contribution in [2.24, 2.45) is 15.4 Å². The minimum atomic E-state index is -0.562. The van der Waals surface area contributed by atoms with Crippen LogP contribution in [0.5, 0.6) is 0 Å². The SMILES string of the molecule is CCC(CC)(C1=N[C@@H](c2ccccc2)[C@@H](c2ccccc2)O1)C1=N[C@@H](c2ccccc2)[C@@H](c2ccccc2)O1. The second-order valence-electron chi connectivity index (χ2n) is 10.3. The lowest BCUT2D eigenvalue weighted by molar-refractivity contribution is 0.152. The Bertz CT molecular complexity index is 1320. The highest BCUT2D eigenvalue weighted by atomic mass is 16.5. The molecule has 4 heteroatoms. The summed E-state index contributed by atoms with van der Waals surface area (Å²) in [6.07, 6.45) is 1.12. The molecule has 4 atom stereocenters. The molecular formula is C35H34N2O2. The molecule has 2 aliphatic heterocycles. The van der Waals surface area contributed by atoms with Crippen molar-refractivity contribution in [3.63, 3.8) is 0 Å². The van der Waals surface area contributed by atoms with Crippen molar-refractivity contribution in [2.45, 2.75) is 51.0 Å². The van der Waals surface area contributed by atoms with Crippen LogP contribution in [0.25, 0.3) is 0 Å². The van der Waals surface area contributed by atoms with Gasteiger partial charge in [-0.3, -0.25) is 0 Å². The van der Waals surface area contributed by atoms with E-state index in [1.165, 1.54) is 0 Å². The number of benzene rings is 4. The second-order valence-corrected chi connectivity index (χ2v) is 10.3. The minimum Gasteiger partial charge on any atom is -0.469 e. The third kappa shape index (κ3) is 4.65. The van der Waals surface area contributed by atoms with Crippen LogP contribution in [0.4, 0.5) is 0 Å². The summed E-state index contributed by atoms with van der Waals surface area (Å²) < 4.78 is 13.7. The Morgan fingerprint density at radius 1 is 0.487 bits per heavy atom. The van der Waals surface area contributed by atoms with Gasteiger partial charge in [-0.15, -0.1) is 0 Å². The molecule has 4 nitrogen and oxygen atoms in total. The van der Waals surface area contributed by atoms with Gasteiger partial charge in [-0.05, 0) is 35.1 Å². The zero-order valence-electron chi connectivity index (χ0n) is 22.5. The fourth-order valence-electron chi connectivity index (χ4n) is 5.82. The molecular weight excluding hydrogens is 480 g/mol. The number of rotatable bonds is 8. The molecule has 4 aromatic rings. The van der Waals surface area contributed by atoms with E-state index in [1.54, 1.807) is 0 Å². The Morgan fingerprint density at radius 3 is 1.10 bits per heavy atom. The summed E-state index contributed by atoms with van der Waals surface area (Å²) in [4.78, 5) is 10.6. The van der Waals surface area contributed by atoms with E-state index in [2.05, 4.69) is 111 Å². The number of hydrogen-bond donors (Lipinski definition) is 0. The predicted octanol–water partition coefficient (Wildman–Crippen LogP) is 8.62. The third-order valence-corrected chi connectivity index (χ3v) is 8.13. The van der Waals surface area contributed by atoms with Gasteiger partial charge in [-0.1, -0.05) is 135 Å². The quantitative estimate of drug-likeness (QED) is 0.236. The van der Waals surface area contributed by atoms with Crippen LogP contribution in [0.1, 0.15) is 73.2 Å². The lowest BCUT2D eigenvalue weighted by Crippen LogP contribution is -2.39. The first-order valence-electron chi connectivity index (χ1n) is 13.9. The molecule has 0 aliphatic carbocycles. The molecule has 0 spiro atoms. The maximum absolute atomic E-state index is 6.85. The van der Waals surface area contributed by atoms with Gasteiger partial charge in [-0.25, -0.2) is 9.98 Å². The van der Waals surface area contributed by atoms with Gasteiger partial charge < -0.3 is 9.47 Å². The van der Waals surface area contributed by atoms with Crippen LogP contribution in [-0.4, -0.2) is 11.8 Å². The first-order valence-corrected chi connectivity index (χ1v) is 13.9. The summed E-state index contributed by atoms with van der Waals surface area (Å²) in [5.41, 5.74) is 3.95. The maximum atomic E-state index is 6.85. The minimum absolute atomic E-state index is 0.141. The first kappa shape index (κ1) is 25.1. The zero-order valence-corrected chi connectivity index (χ0v) is 22.5. The van der Waals surface area contributed by atoms with Crippen LogP contribution < -0.4 is 0 Å². The summed E-state index contributed by atoms with van der Waals surface area (Å²) in [5, 5.41) is 0. The summed E-state index contributed by atoms with van der Waals surface area (Å²) in [6, 6.07) is 41.4. The van der Waals surface area contributed by atoms with Crippen molar-refractivity contribution < 1.29 is 9.47 Å². The zero-order chi connectivity index (χ0) is 26.7. The monoisotopic (exact) mass is 514 g/mol. The van der Waals surface area contributed by atoms with Crippen LogP contribution in [0.15, 0.2) is 131 Å². The number of ether oxygens (including phenoxy) is 2. The van der Waals surface area contributed by atoms with E-state index in [4.69, 9.17) is 19.5 Å². The number of aliphatic imine (C=N–C) groups is 2. The molecule has 0 aromatic heterocycles. The molecule has 0 fully saturated rings. The fraction of sp³-hybridized carbons (Fsp3) is 0.257. The molecule has 4 aromatic carbocycles. The Labute approximate surface area is 231 Å². The van der Waals surface area contributed by atoms with Crippen molar-refractivity contribution >= 4 is 11.8 Å². The topological polar surface area (TPSA) is 43.2 Å². The van der Waals surface area contributed by atoms with E-state index >= 15 is 0 Å². The van der Waals surface area contributed by atoms with Gasteiger partial charge in [0.2, 0.25) is 11.8 Å². The molecule has 2 aliphatic rings. The largest absolute Gasteiger partial charge is 0.469 e. The molecule has 2 heterocycles. The normalized spacial score (nSPS) is 22.5. The fourth-order valence-corrected chi connectivity index (χ4v) is 5.82. The van der Waals surface area contributed by atoms with Crippen molar-refractivity contribution in [1.82, 2.24) is 0 Å². The molecule has 0 unspecified atom stereocenters. The van der Waals surface area contributed by atoms with Crippen LogP contribution >= 0.6 is 0 Å². The Balaban J connectivity index is 1.43. The summed E-state index contributed by atoms with van der Waals surface area (Å²) in [7, 11) is 0. The molecule has 0 saturated carbocycles. The third-order valence-electron chi connectivity index (χ3n) is 8.13. The molecule has 0 amide bonds. The van der Waals surface area contributed by atoms with Gasteiger partial charge in [0, 0.05) is 0 Å². The Kier molecular flexibility index (Phi) is 7.02. The average Bonchev–Trinajstić information content (AvgIpc) is 3.67. The highest BCUT2D eigenvalue weighted by Crippen LogP contribution is 2.50. The number of hydrogen-bond acceptors (Lipinski definition) is 4. The molecule has 0 N–H and O–H groups in total. The van der Waals surface area contributed by atoms with E-state index in [1.807, 2.05) is 24.3 Å². The standard InChI is InChI=1S/C35H34N2O2/c1-3-35(4-2,33-36-29(25-17-9-5-10-18-25)31(38-33)27-21-13-7-14-22-27)34-37-30(26-19-11-6-12-20-26)32(39-34)28-23-15-8-16-24-28/h5-24,29-32H,3-4H2,1-2H3/t29-,30-,31+,32+/m0/s1. The maximum Gasteiger partial charge on any atom is 0.200 e. The van der Waals surface area contributed by atoms with Crippen molar-refractivity contribution in [3.8, 4) is 0 Å². The highest BCUT2D eigenvalue weighted by molar-refractivity contribution is 6.06. The van der Waals surface area contributed by atoms with Crippen molar-refractivity contribution in [2.75, 3.05) is 0 Å². The molecule has 0 saturated heterocycles. The number of nitrogens with zero attached hydrogens (tertiary/aromatic N) is 2. The summed E-state index contributed by atoms with van der Waals surface area (Å²) in [5.74, 6) is 1.43. The predicted molar refractivity (Wildman–Crippen MR) is 157 cm³/mol. The van der Waals surface area contributed by atoms with Gasteiger partial charge in [0.25, 0.3) is 0 Å². The van der Waals surface area contributed by atoms with Crippen molar-refractivity contribution in [3.05, 3.63) is 144 Å². The van der Waals surface area contributed by atoms with Crippen molar-refractivity contribution in [1.29, 1.82) is 0 Å². The van der Waals surface area contributed by atoms with E-state index in [0.717, 1.165) is 46.9 Å². The summed E-state index contributed by atoms with van der Waals surface area (Å²) >= 11 is 0. The lowest BCUT2D eigenvalue weighted by atomic mass is 9.81. The molecule has 196 valence electrons. The lowest BCUT2D eigenvalue weighted by Gasteiger charge is -2.31. The molecule has 0 bridgehead atoms. The second kappa shape index (κ2) is 10.9. The van der Waals surface area contributed by atoms with Gasteiger partial charge >= 0.3 is 0 Å². The van der Waals surface area contributed by atoms with E-state index in [-0.39, 0.29) is 24.3 Å². The molecule has 0 radical (unpaired) electrons. The van der Waals surface area contributed by atoms with Crippen LogP contribution in [-0.2, 0) is 9.47 Å². The van der Waals surface area contributed by atoms with Crippen LogP contribution in [0, 0.1) is 5.41 Å². The van der Waals surface area contributed by atoms with E-state index in [9.17, 15) is 0 Å². The van der Waals surface area contributed by atoms with Gasteiger partial charge in [0.05, 0.1) is 0 Å². The van der Waals surface area contributed by atoms with Crippen LogP contribution in [0.3, 0.4) is 0 Å². The van der Waals surface area contributed by atoms with Gasteiger partial charge in [-0.2, -0.15) is 0 Å². The highest BCUT2D eigenvalue weighted by Gasteiger charge is 2.51. The Morgan fingerprint density at radius 2 is 0.795 bits per heavy atom. The molecule has 39 heavy (non-hydrogen) atoms. The van der Waals surface area contributed by atoms with Gasteiger partial charge in [0.15, 0.2) is 12.2 Å². The van der Waals surface area contributed by atoms with Crippen LogP contribution in [0.2, 0.25) is 0 Å². The van der Waals surface area contributed by atoms with E-state index < -0.39 is 5.41 Å². The average molecular weight is 515 g/mol. The van der Waals surface area contributed by atoms with Gasteiger partial charge in [0.1, 0.15) is 17.5 Å². The first-order chi connectivity index (χ1) is 19.2. The van der Waals surface area contributed by atoms with E-state index in [0.29, 0.717) is 0 Å².